The van der Waals surface area contributed by atoms with Crippen molar-refractivity contribution in [1.82, 2.24) is 0 Å². The molecule has 1 aromatic carbocycles. The Labute approximate surface area is 153 Å². The molecule has 0 radical (unpaired) electrons. The van der Waals surface area contributed by atoms with Crippen LogP contribution in [0.3, 0.4) is 0 Å². The van der Waals surface area contributed by atoms with E-state index in [1.54, 1.807) is 31.4 Å². The highest BCUT2D eigenvalue weighted by molar-refractivity contribution is 5.86. The Morgan fingerprint density at radius 2 is 1.50 bits per heavy atom. The average Bonchev–Trinajstić information content (AvgIpc) is 3.08. The topological polar surface area (TPSA) is 80.3 Å². The Kier molecular flexibility index (Phi) is 6.99. The molecule has 0 amide bonds. The molecule has 0 unspecified atom stereocenters. The molecule has 2 rings (SSSR count). The molecule has 1 aromatic rings. The van der Waals surface area contributed by atoms with Gasteiger partial charge in [0.1, 0.15) is 5.75 Å². The Hall–Kier alpha value is -2.12. The van der Waals surface area contributed by atoms with Gasteiger partial charge in [-0.25, -0.2) is 9.59 Å². The maximum atomic E-state index is 12.1. The molecule has 26 heavy (non-hydrogen) atoms. The summed E-state index contributed by atoms with van der Waals surface area (Å²) in [6, 6.07) is 7.17. The zero-order valence-corrected chi connectivity index (χ0v) is 15.7. The second-order valence-corrected chi connectivity index (χ2v) is 6.06. The van der Waals surface area contributed by atoms with Crippen LogP contribution in [0.25, 0.3) is 0 Å². The number of carbonyl (C=O) groups is 2. The number of ether oxygens (including phenoxy) is 5. The van der Waals surface area contributed by atoms with E-state index in [9.17, 15) is 9.59 Å². The SMILES string of the molecule is CCCCCC1(c2ccc(OC)cc2)O[C@@H](C(=O)OC)[C@H](C(=O)OC)O1. The van der Waals surface area contributed by atoms with E-state index in [1.165, 1.54) is 14.2 Å². The second-order valence-electron chi connectivity index (χ2n) is 6.06. The van der Waals surface area contributed by atoms with Crippen molar-refractivity contribution >= 4 is 11.9 Å². The molecule has 0 N–H and O–H groups in total. The van der Waals surface area contributed by atoms with Crippen molar-refractivity contribution in [2.45, 2.75) is 50.6 Å². The van der Waals surface area contributed by atoms with E-state index >= 15 is 0 Å². The van der Waals surface area contributed by atoms with Gasteiger partial charge in [0.05, 0.1) is 21.3 Å². The smallest absolute Gasteiger partial charge is 0.338 e. The summed E-state index contributed by atoms with van der Waals surface area (Å²) in [5.41, 5.74) is 0.703. The van der Waals surface area contributed by atoms with Crippen LogP contribution in [0.1, 0.15) is 38.2 Å². The molecule has 0 spiro atoms. The van der Waals surface area contributed by atoms with Gasteiger partial charge in [-0.05, 0) is 30.7 Å². The Bertz CT molecular complexity index is 587. The number of benzene rings is 1. The minimum Gasteiger partial charge on any atom is -0.497 e. The first kappa shape index (κ1) is 20.2. The number of hydrogen-bond acceptors (Lipinski definition) is 7. The Morgan fingerprint density at radius 1 is 0.962 bits per heavy atom. The molecule has 1 saturated heterocycles. The maximum absolute atomic E-state index is 12.1. The first-order valence-electron chi connectivity index (χ1n) is 8.67. The van der Waals surface area contributed by atoms with Crippen molar-refractivity contribution in [3.8, 4) is 5.75 Å². The molecule has 2 atom stereocenters. The normalized spacial score (nSPS) is 21.2. The van der Waals surface area contributed by atoms with Gasteiger partial charge in [-0.1, -0.05) is 19.8 Å². The van der Waals surface area contributed by atoms with Gasteiger partial charge in [0.2, 0.25) is 0 Å². The third-order valence-electron chi connectivity index (χ3n) is 4.42. The lowest BCUT2D eigenvalue weighted by atomic mass is 9.99. The third-order valence-corrected chi connectivity index (χ3v) is 4.42. The van der Waals surface area contributed by atoms with Gasteiger partial charge in [0.25, 0.3) is 0 Å². The third kappa shape index (κ3) is 4.16. The van der Waals surface area contributed by atoms with Gasteiger partial charge in [-0.3, -0.25) is 0 Å². The van der Waals surface area contributed by atoms with Gasteiger partial charge < -0.3 is 23.7 Å². The standard InChI is InChI=1S/C19H26O7/c1-5-6-7-12-19(13-8-10-14(22-2)11-9-13)25-15(17(20)23-3)16(26-19)18(21)24-4/h8-11,15-16H,5-7,12H2,1-4H3/t15-,16-/m1/s1. The van der Waals surface area contributed by atoms with Gasteiger partial charge >= 0.3 is 11.9 Å². The first-order chi connectivity index (χ1) is 12.5. The van der Waals surface area contributed by atoms with E-state index in [0.717, 1.165) is 19.3 Å². The summed E-state index contributed by atoms with van der Waals surface area (Å²) in [5.74, 6) is -1.89. The molecule has 7 heteroatoms. The number of rotatable bonds is 8. The molecule has 1 fully saturated rings. The van der Waals surface area contributed by atoms with Crippen LogP contribution in [-0.4, -0.2) is 45.5 Å². The van der Waals surface area contributed by atoms with E-state index < -0.39 is 29.9 Å². The molecular weight excluding hydrogens is 340 g/mol. The van der Waals surface area contributed by atoms with Crippen LogP contribution in [0, 0.1) is 0 Å². The van der Waals surface area contributed by atoms with E-state index in [-0.39, 0.29) is 0 Å². The van der Waals surface area contributed by atoms with Crippen molar-refractivity contribution < 1.29 is 33.3 Å². The lowest BCUT2D eigenvalue weighted by Crippen LogP contribution is -2.38. The molecule has 144 valence electrons. The van der Waals surface area contributed by atoms with Gasteiger partial charge in [-0.2, -0.15) is 0 Å². The van der Waals surface area contributed by atoms with E-state index in [1.807, 2.05) is 0 Å². The lowest BCUT2D eigenvalue weighted by Gasteiger charge is -2.28. The molecule has 0 aromatic heterocycles. The minimum absolute atomic E-state index is 0.494. The summed E-state index contributed by atoms with van der Waals surface area (Å²) in [4.78, 5) is 24.3. The summed E-state index contributed by atoms with van der Waals surface area (Å²) in [7, 11) is 4.06. The fourth-order valence-corrected chi connectivity index (χ4v) is 2.99. The monoisotopic (exact) mass is 366 g/mol. The highest BCUT2D eigenvalue weighted by atomic mass is 16.8. The minimum atomic E-state index is -1.22. The van der Waals surface area contributed by atoms with Crippen LogP contribution in [0.5, 0.6) is 5.75 Å². The number of hydrogen-bond donors (Lipinski definition) is 0. The highest BCUT2D eigenvalue weighted by Gasteiger charge is 2.55. The first-order valence-corrected chi connectivity index (χ1v) is 8.67. The van der Waals surface area contributed by atoms with Crippen LogP contribution in [0.15, 0.2) is 24.3 Å². The van der Waals surface area contributed by atoms with Crippen molar-refractivity contribution in [3.63, 3.8) is 0 Å². The largest absolute Gasteiger partial charge is 0.497 e. The fraction of sp³-hybridized carbons (Fsp3) is 0.579. The van der Waals surface area contributed by atoms with Crippen LogP contribution in [0.4, 0.5) is 0 Å². The molecule has 1 aliphatic rings. The fourth-order valence-electron chi connectivity index (χ4n) is 2.99. The van der Waals surface area contributed by atoms with Crippen LogP contribution >= 0.6 is 0 Å². The van der Waals surface area contributed by atoms with E-state index in [2.05, 4.69) is 6.92 Å². The molecule has 1 aliphatic heterocycles. The van der Waals surface area contributed by atoms with Crippen molar-refractivity contribution in [3.05, 3.63) is 29.8 Å². The lowest BCUT2D eigenvalue weighted by molar-refractivity contribution is -0.199. The Balaban J connectivity index is 2.39. The molecular formula is C19H26O7. The van der Waals surface area contributed by atoms with Crippen molar-refractivity contribution in [2.75, 3.05) is 21.3 Å². The van der Waals surface area contributed by atoms with Crippen LogP contribution in [0.2, 0.25) is 0 Å². The summed E-state index contributed by atoms with van der Waals surface area (Å²) in [6.07, 6.45) is 0.918. The number of methoxy groups -OCH3 is 3. The van der Waals surface area contributed by atoms with Crippen LogP contribution in [-0.2, 0) is 34.3 Å². The highest BCUT2D eigenvalue weighted by Crippen LogP contribution is 2.43. The predicted molar refractivity (Wildman–Crippen MR) is 92.6 cm³/mol. The molecule has 0 bridgehead atoms. The molecule has 0 aliphatic carbocycles. The van der Waals surface area contributed by atoms with Gasteiger partial charge in [0.15, 0.2) is 18.0 Å². The second kappa shape index (κ2) is 9.00. The zero-order valence-electron chi connectivity index (χ0n) is 15.7. The molecule has 0 saturated carbocycles. The van der Waals surface area contributed by atoms with Crippen molar-refractivity contribution in [2.24, 2.45) is 0 Å². The summed E-state index contributed by atoms with van der Waals surface area (Å²) in [6.45, 7) is 2.09. The molecule has 7 nitrogen and oxygen atoms in total. The quantitative estimate of drug-likeness (QED) is 0.517. The predicted octanol–water partition coefficient (Wildman–Crippen LogP) is 2.56. The van der Waals surface area contributed by atoms with Crippen LogP contribution < -0.4 is 4.74 Å². The Morgan fingerprint density at radius 3 is 1.92 bits per heavy atom. The van der Waals surface area contributed by atoms with E-state index in [4.69, 9.17) is 23.7 Å². The zero-order chi connectivity index (χ0) is 19.2. The average molecular weight is 366 g/mol. The van der Waals surface area contributed by atoms with Gasteiger partial charge in [-0.15, -0.1) is 0 Å². The summed E-state index contributed by atoms with van der Waals surface area (Å²) < 4.78 is 26.8. The number of unbranched alkanes of at least 4 members (excludes halogenated alkanes) is 2. The summed E-state index contributed by atoms with van der Waals surface area (Å²) >= 11 is 0. The van der Waals surface area contributed by atoms with E-state index in [0.29, 0.717) is 17.7 Å². The number of carbonyl (C=O) groups excluding carboxylic acids is 2. The molecule has 1 heterocycles. The number of esters is 2. The van der Waals surface area contributed by atoms with Gasteiger partial charge in [0, 0.05) is 12.0 Å². The maximum Gasteiger partial charge on any atom is 0.338 e. The van der Waals surface area contributed by atoms with Crippen molar-refractivity contribution in [1.29, 1.82) is 0 Å². The summed E-state index contributed by atoms with van der Waals surface area (Å²) in [5, 5.41) is 0.